The molecule has 4 heteroatoms. The van der Waals surface area contributed by atoms with E-state index in [1.165, 1.54) is 10.8 Å². The van der Waals surface area contributed by atoms with E-state index in [-0.39, 0.29) is 0 Å². The molecule has 0 radical (unpaired) electrons. The van der Waals surface area contributed by atoms with Gasteiger partial charge in [-0.3, -0.25) is 0 Å². The van der Waals surface area contributed by atoms with Crippen molar-refractivity contribution in [3.63, 3.8) is 0 Å². The largest absolute Gasteiger partial charge is 0.456 e. The summed E-state index contributed by atoms with van der Waals surface area (Å²) in [5.41, 5.74) is 9.95. The third-order valence-corrected chi connectivity index (χ3v) is 10.1. The van der Waals surface area contributed by atoms with Gasteiger partial charge in [-0.05, 0) is 77.5 Å². The fourth-order valence-electron chi connectivity index (χ4n) is 7.94. The summed E-state index contributed by atoms with van der Waals surface area (Å²) in [6.45, 7) is 0. The van der Waals surface area contributed by atoms with E-state index in [0.29, 0.717) is 0 Å². The van der Waals surface area contributed by atoms with Gasteiger partial charge < -0.3 is 18.3 Å². The highest BCUT2D eigenvalue weighted by Crippen LogP contribution is 2.47. The first-order valence-electron chi connectivity index (χ1n) is 16.9. The van der Waals surface area contributed by atoms with Crippen LogP contribution in [0.15, 0.2) is 179 Å². The number of hydrogen-bond acceptors (Lipinski definition) is 3. The van der Waals surface area contributed by atoms with E-state index in [9.17, 15) is 0 Å². The smallest absolute Gasteiger partial charge is 0.159 e. The number of anilines is 3. The van der Waals surface area contributed by atoms with Crippen LogP contribution in [0.4, 0.5) is 17.1 Å². The number of aromatic nitrogens is 1. The van der Waals surface area contributed by atoms with Crippen molar-refractivity contribution in [1.29, 1.82) is 0 Å². The number of benzene rings is 8. The molecule has 4 nitrogen and oxygen atoms in total. The van der Waals surface area contributed by atoms with Gasteiger partial charge in [0.2, 0.25) is 0 Å². The van der Waals surface area contributed by atoms with Crippen LogP contribution in [0.5, 0.6) is 0 Å². The molecule has 0 spiro atoms. The Morgan fingerprint density at radius 2 is 1.06 bits per heavy atom. The predicted molar refractivity (Wildman–Crippen MR) is 208 cm³/mol. The van der Waals surface area contributed by atoms with Crippen LogP contribution in [0.3, 0.4) is 0 Å². The molecule has 0 saturated heterocycles. The van der Waals surface area contributed by atoms with Crippen LogP contribution < -0.4 is 4.90 Å². The summed E-state index contributed by atoms with van der Waals surface area (Å²) >= 11 is 0. The Morgan fingerprint density at radius 1 is 0.400 bits per heavy atom. The van der Waals surface area contributed by atoms with Crippen molar-refractivity contribution in [3.05, 3.63) is 170 Å². The molecule has 3 heterocycles. The third-order valence-electron chi connectivity index (χ3n) is 10.1. The molecule has 0 fully saturated rings. The minimum Gasteiger partial charge on any atom is -0.456 e. The van der Waals surface area contributed by atoms with Crippen molar-refractivity contribution in [1.82, 2.24) is 4.57 Å². The maximum Gasteiger partial charge on any atom is 0.159 e. The molecule has 8 aromatic carbocycles. The van der Waals surface area contributed by atoms with Crippen LogP contribution in [-0.4, -0.2) is 4.57 Å². The lowest BCUT2D eigenvalue weighted by molar-refractivity contribution is 0.669. The van der Waals surface area contributed by atoms with Crippen molar-refractivity contribution in [2.24, 2.45) is 0 Å². The van der Waals surface area contributed by atoms with E-state index in [1.807, 2.05) is 24.3 Å². The number of fused-ring (bicyclic) bond motifs is 10. The maximum atomic E-state index is 6.71. The first-order valence-corrected chi connectivity index (χ1v) is 16.9. The number of para-hydroxylation sites is 6. The molecule has 0 aliphatic heterocycles. The van der Waals surface area contributed by atoms with Gasteiger partial charge in [-0.2, -0.15) is 0 Å². The van der Waals surface area contributed by atoms with Crippen molar-refractivity contribution >= 4 is 93.5 Å². The molecule has 234 valence electrons. The lowest BCUT2D eigenvalue weighted by atomic mass is 10.0. The normalized spacial score (nSPS) is 12.0. The first-order chi connectivity index (χ1) is 24.8. The predicted octanol–water partition coefficient (Wildman–Crippen LogP) is 13.2. The topological polar surface area (TPSA) is 34.5 Å². The Hall–Kier alpha value is -6.78. The molecular formula is C46H28N2O2. The lowest BCUT2D eigenvalue weighted by Gasteiger charge is -2.27. The molecule has 50 heavy (non-hydrogen) atoms. The van der Waals surface area contributed by atoms with Gasteiger partial charge in [0.05, 0.1) is 22.4 Å². The maximum absolute atomic E-state index is 6.71. The number of hydrogen-bond donors (Lipinski definition) is 0. The van der Waals surface area contributed by atoms with E-state index < -0.39 is 0 Å². The molecule has 0 atom stereocenters. The summed E-state index contributed by atoms with van der Waals surface area (Å²) in [4.78, 5) is 2.37. The highest BCUT2D eigenvalue weighted by atomic mass is 16.3. The SMILES string of the molecule is c1ccc(-n2c3ccccc3c3cccc(N(c4ccc5cc6c(cc5c4)oc4ccccc46)c4cccc5c4oc4ccccc45)c32)cc1. The second kappa shape index (κ2) is 10.4. The van der Waals surface area contributed by atoms with Crippen LogP contribution in [-0.2, 0) is 0 Å². The van der Waals surface area contributed by atoms with Crippen molar-refractivity contribution in [2.45, 2.75) is 0 Å². The Morgan fingerprint density at radius 3 is 1.90 bits per heavy atom. The Labute approximate surface area is 286 Å². The average molecular weight is 641 g/mol. The highest BCUT2D eigenvalue weighted by Gasteiger charge is 2.24. The molecule has 3 aromatic heterocycles. The molecule has 11 rings (SSSR count). The summed E-state index contributed by atoms with van der Waals surface area (Å²) in [5.74, 6) is 0. The van der Waals surface area contributed by atoms with Gasteiger partial charge in [0.15, 0.2) is 5.58 Å². The van der Waals surface area contributed by atoms with Gasteiger partial charge in [0, 0.05) is 43.7 Å². The van der Waals surface area contributed by atoms with Crippen LogP contribution in [0.25, 0.3) is 82.1 Å². The lowest BCUT2D eigenvalue weighted by Crippen LogP contribution is -2.12. The van der Waals surface area contributed by atoms with Gasteiger partial charge in [0.25, 0.3) is 0 Å². The van der Waals surface area contributed by atoms with Gasteiger partial charge in [-0.15, -0.1) is 0 Å². The minimum absolute atomic E-state index is 0.848. The molecule has 0 aliphatic carbocycles. The Bertz CT molecular complexity index is 3110. The Balaban J connectivity index is 1.25. The van der Waals surface area contributed by atoms with E-state index in [1.54, 1.807) is 0 Å². The highest BCUT2D eigenvalue weighted by molar-refractivity contribution is 6.17. The van der Waals surface area contributed by atoms with Crippen molar-refractivity contribution in [2.75, 3.05) is 4.90 Å². The Kier molecular flexibility index (Phi) is 5.63. The zero-order chi connectivity index (χ0) is 32.8. The van der Waals surface area contributed by atoms with Gasteiger partial charge in [-0.25, -0.2) is 0 Å². The number of furan rings is 2. The fourth-order valence-corrected chi connectivity index (χ4v) is 7.94. The van der Waals surface area contributed by atoms with Crippen LogP contribution >= 0.6 is 0 Å². The van der Waals surface area contributed by atoms with Crippen LogP contribution in [0.2, 0.25) is 0 Å². The quantitative estimate of drug-likeness (QED) is 0.192. The van der Waals surface area contributed by atoms with Gasteiger partial charge >= 0.3 is 0 Å². The number of nitrogens with zero attached hydrogens (tertiary/aromatic N) is 2. The second-order valence-corrected chi connectivity index (χ2v) is 12.9. The van der Waals surface area contributed by atoms with E-state index in [2.05, 4.69) is 155 Å². The molecule has 11 aromatic rings. The summed E-state index contributed by atoms with van der Waals surface area (Å²) in [5, 5.41) is 9.11. The summed E-state index contributed by atoms with van der Waals surface area (Å²) in [7, 11) is 0. The second-order valence-electron chi connectivity index (χ2n) is 12.9. The van der Waals surface area contributed by atoms with Crippen molar-refractivity contribution in [3.8, 4) is 5.69 Å². The number of rotatable bonds is 4. The van der Waals surface area contributed by atoms with Gasteiger partial charge in [-0.1, -0.05) is 103 Å². The molecule has 0 aliphatic rings. The summed E-state index contributed by atoms with van der Waals surface area (Å²) < 4.78 is 15.4. The molecule has 0 unspecified atom stereocenters. The van der Waals surface area contributed by atoms with E-state index in [4.69, 9.17) is 8.83 Å². The molecule has 0 N–H and O–H groups in total. The molecule has 0 amide bonds. The average Bonchev–Trinajstić information content (AvgIpc) is 3.84. The molecular weight excluding hydrogens is 613 g/mol. The van der Waals surface area contributed by atoms with Crippen LogP contribution in [0.1, 0.15) is 0 Å². The summed E-state index contributed by atoms with van der Waals surface area (Å²) in [6.07, 6.45) is 0. The van der Waals surface area contributed by atoms with Gasteiger partial charge in [0.1, 0.15) is 16.7 Å². The van der Waals surface area contributed by atoms with E-state index in [0.717, 1.165) is 88.4 Å². The summed E-state index contributed by atoms with van der Waals surface area (Å²) in [6, 6.07) is 60.1. The van der Waals surface area contributed by atoms with E-state index >= 15 is 0 Å². The van der Waals surface area contributed by atoms with Crippen LogP contribution in [0, 0.1) is 0 Å². The zero-order valence-corrected chi connectivity index (χ0v) is 26.9. The fraction of sp³-hybridized carbons (Fsp3) is 0. The first kappa shape index (κ1) is 27.2. The molecule has 0 bridgehead atoms. The standard InChI is InChI=1S/C46H28N2O2/c1-2-12-31(13-3-1)48-39-19-7-4-14-33(39)36-17-10-20-40(45(36)48)47(41-21-11-18-37-34-15-5-9-23-43(34)50-46(37)41)32-25-24-29-27-38-35-16-6-8-22-42(35)49-44(38)28-30(29)26-32/h1-28H. The monoisotopic (exact) mass is 640 g/mol. The zero-order valence-electron chi connectivity index (χ0n) is 26.9. The third kappa shape index (κ3) is 3.87. The minimum atomic E-state index is 0.848. The van der Waals surface area contributed by atoms with Crippen molar-refractivity contribution < 1.29 is 8.83 Å². The molecule has 0 saturated carbocycles.